The van der Waals surface area contributed by atoms with E-state index in [9.17, 15) is 14.4 Å². The minimum absolute atomic E-state index is 0.110. The molecule has 1 atom stereocenters. The number of hydrogen-bond donors (Lipinski definition) is 0. The fourth-order valence-corrected chi connectivity index (χ4v) is 4.18. The van der Waals surface area contributed by atoms with Gasteiger partial charge in [0.15, 0.2) is 11.5 Å². The first kappa shape index (κ1) is 28.4. The number of rotatable bonds is 8. The summed E-state index contributed by atoms with van der Waals surface area (Å²) in [5, 5.41) is 0. The van der Waals surface area contributed by atoms with Crippen molar-refractivity contribution in [1.29, 1.82) is 0 Å². The van der Waals surface area contributed by atoms with Gasteiger partial charge in [0.25, 0.3) is 0 Å². The summed E-state index contributed by atoms with van der Waals surface area (Å²) in [5.41, 5.74) is 4.76. The van der Waals surface area contributed by atoms with Gasteiger partial charge in [0, 0.05) is 16.7 Å². The fraction of sp³-hybridized carbons (Fsp3) is 0.281. The monoisotopic (exact) mass is 514 g/mol. The molecule has 3 rings (SSSR count). The molecule has 198 valence electrons. The van der Waals surface area contributed by atoms with Crippen LogP contribution in [0.15, 0.2) is 84.5 Å². The second-order valence-corrected chi connectivity index (χ2v) is 9.88. The number of allylic oxidation sites excluding steroid dienone is 1. The van der Waals surface area contributed by atoms with Crippen LogP contribution in [0, 0.1) is 5.92 Å². The van der Waals surface area contributed by atoms with Crippen LogP contribution in [0.1, 0.15) is 64.5 Å². The molecule has 0 bridgehead atoms. The Kier molecular flexibility index (Phi) is 9.24. The Morgan fingerprint density at radius 2 is 1.26 bits per heavy atom. The van der Waals surface area contributed by atoms with Gasteiger partial charge in [-0.3, -0.25) is 0 Å². The molecule has 2 aromatic carbocycles. The number of ether oxygens (including phenoxy) is 3. The molecular weight excluding hydrogens is 480 g/mol. The summed E-state index contributed by atoms with van der Waals surface area (Å²) in [6.45, 7) is 17.8. The normalized spacial score (nSPS) is 16.2. The van der Waals surface area contributed by atoms with Gasteiger partial charge in [-0.15, -0.1) is 0 Å². The second kappa shape index (κ2) is 12.4. The van der Waals surface area contributed by atoms with E-state index in [2.05, 4.69) is 26.7 Å². The lowest BCUT2D eigenvalue weighted by atomic mass is 9.81. The topological polar surface area (TPSA) is 78.9 Å². The first-order valence-electron chi connectivity index (χ1n) is 12.6. The van der Waals surface area contributed by atoms with Gasteiger partial charge in [-0.1, -0.05) is 56.9 Å². The third-order valence-electron chi connectivity index (χ3n) is 6.16. The maximum absolute atomic E-state index is 12.4. The molecule has 38 heavy (non-hydrogen) atoms. The molecule has 0 heterocycles. The van der Waals surface area contributed by atoms with Gasteiger partial charge in [0.2, 0.25) is 0 Å². The molecule has 1 fully saturated rings. The summed E-state index contributed by atoms with van der Waals surface area (Å²) in [4.78, 5) is 36.6. The third kappa shape index (κ3) is 7.19. The third-order valence-corrected chi connectivity index (χ3v) is 6.16. The van der Waals surface area contributed by atoms with Gasteiger partial charge in [-0.05, 0) is 86.9 Å². The van der Waals surface area contributed by atoms with Crippen molar-refractivity contribution in [3.8, 4) is 17.2 Å². The van der Waals surface area contributed by atoms with Crippen LogP contribution < -0.4 is 14.2 Å². The lowest BCUT2D eigenvalue weighted by molar-refractivity contribution is -0.132. The van der Waals surface area contributed by atoms with Crippen molar-refractivity contribution in [1.82, 2.24) is 0 Å². The maximum atomic E-state index is 12.4. The van der Waals surface area contributed by atoms with Crippen LogP contribution in [0.4, 0.5) is 0 Å². The zero-order valence-corrected chi connectivity index (χ0v) is 22.5. The molecule has 2 aromatic rings. The predicted molar refractivity (Wildman–Crippen MR) is 148 cm³/mol. The van der Waals surface area contributed by atoms with Crippen LogP contribution in [0.3, 0.4) is 0 Å². The van der Waals surface area contributed by atoms with Gasteiger partial charge in [-0.2, -0.15) is 0 Å². The summed E-state index contributed by atoms with van der Waals surface area (Å²) in [5.74, 6) is -0.564. The van der Waals surface area contributed by atoms with Crippen molar-refractivity contribution in [3.05, 3.63) is 95.6 Å². The Bertz CT molecular complexity index is 1330. The molecule has 0 amide bonds. The zero-order chi connectivity index (χ0) is 28.0. The molecule has 1 saturated carbocycles. The molecule has 0 radical (unpaired) electrons. The lowest BCUT2D eigenvalue weighted by Crippen LogP contribution is -2.13. The van der Waals surface area contributed by atoms with Crippen LogP contribution in [0.25, 0.3) is 5.57 Å². The number of esters is 3. The Morgan fingerprint density at radius 3 is 1.82 bits per heavy atom. The highest BCUT2D eigenvalue weighted by Crippen LogP contribution is 2.40. The van der Waals surface area contributed by atoms with Crippen molar-refractivity contribution >= 4 is 23.5 Å². The summed E-state index contributed by atoms with van der Waals surface area (Å²) in [6, 6.07) is 12.5. The molecule has 1 unspecified atom stereocenters. The molecular formula is C32H34O6. The smallest absolute Gasteiger partial charge is 0.338 e. The molecule has 6 nitrogen and oxygen atoms in total. The fourth-order valence-electron chi connectivity index (χ4n) is 4.18. The lowest BCUT2D eigenvalue weighted by Gasteiger charge is -2.25. The average Bonchev–Trinajstić information content (AvgIpc) is 2.86. The van der Waals surface area contributed by atoms with E-state index in [1.54, 1.807) is 45.0 Å². The van der Waals surface area contributed by atoms with Gasteiger partial charge >= 0.3 is 17.9 Å². The quantitative estimate of drug-likeness (QED) is 0.212. The first-order chi connectivity index (χ1) is 18.0. The standard InChI is InChI=1S/C32H34O6/c1-19(2)30(33)36-26-14-11-23(12-15-26)29(24-10-8-9-22(7)17-24)25-13-16-27(37-31(34)20(3)4)28(18-25)38-32(35)21(5)6/h11-16,18,22H,1,3,5,8-10,17H2,2,4,6-7H3/b29-24-. The largest absolute Gasteiger partial charge is 0.423 e. The van der Waals surface area contributed by atoms with Crippen molar-refractivity contribution < 1.29 is 28.6 Å². The predicted octanol–water partition coefficient (Wildman–Crippen LogP) is 7.14. The van der Waals surface area contributed by atoms with Crippen LogP contribution in [0.5, 0.6) is 17.2 Å². The highest BCUT2D eigenvalue weighted by molar-refractivity contribution is 5.92. The van der Waals surface area contributed by atoms with E-state index >= 15 is 0 Å². The Morgan fingerprint density at radius 1 is 0.737 bits per heavy atom. The molecule has 0 saturated heterocycles. The highest BCUT2D eigenvalue weighted by Gasteiger charge is 2.22. The van der Waals surface area contributed by atoms with Gasteiger partial charge in [0.1, 0.15) is 5.75 Å². The van der Waals surface area contributed by atoms with Gasteiger partial charge in [-0.25, -0.2) is 14.4 Å². The van der Waals surface area contributed by atoms with Crippen molar-refractivity contribution in [2.24, 2.45) is 5.92 Å². The van der Waals surface area contributed by atoms with E-state index in [1.807, 2.05) is 18.2 Å². The number of carbonyl (C=O) groups excluding carboxylic acids is 3. The molecule has 6 heteroatoms. The van der Waals surface area contributed by atoms with E-state index < -0.39 is 17.9 Å². The van der Waals surface area contributed by atoms with Crippen LogP contribution in [0.2, 0.25) is 0 Å². The highest BCUT2D eigenvalue weighted by atomic mass is 16.6. The van der Waals surface area contributed by atoms with Crippen LogP contribution in [-0.2, 0) is 14.4 Å². The van der Waals surface area contributed by atoms with Crippen LogP contribution in [-0.4, -0.2) is 17.9 Å². The van der Waals surface area contributed by atoms with Crippen molar-refractivity contribution in [2.75, 3.05) is 0 Å². The summed E-state index contributed by atoms with van der Waals surface area (Å²) < 4.78 is 16.4. The van der Waals surface area contributed by atoms with Crippen LogP contribution >= 0.6 is 0 Å². The van der Waals surface area contributed by atoms with Gasteiger partial charge < -0.3 is 14.2 Å². The van der Waals surface area contributed by atoms with E-state index in [-0.39, 0.29) is 22.6 Å². The van der Waals surface area contributed by atoms with E-state index in [0.29, 0.717) is 17.2 Å². The molecule has 0 spiro atoms. The molecule has 1 aliphatic rings. The van der Waals surface area contributed by atoms with E-state index in [4.69, 9.17) is 14.2 Å². The van der Waals surface area contributed by atoms with Crippen molar-refractivity contribution in [3.63, 3.8) is 0 Å². The molecule has 0 aliphatic heterocycles. The Hall–Kier alpha value is -4.19. The van der Waals surface area contributed by atoms with E-state index in [1.165, 1.54) is 5.57 Å². The van der Waals surface area contributed by atoms with Crippen molar-refractivity contribution in [2.45, 2.75) is 53.4 Å². The minimum Gasteiger partial charge on any atom is -0.423 e. The maximum Gasteiger partial charge on any atom is 0.338 e. The summed E-state index contributed by atoms with van der Waals surface area (Å²) >= 11 is 0. The number of benzene rings is 2. The first-order valence-corrected chi connectivity index (χ1v) is 12.6. The SMILES string of the molecule is C=C(C)C(=O)Oc1ccc(/C(=C2\CCCC(C)C2)c2ccc(OC(=O)C(=C)C)c(OC(=O)C(=C)C)c2)cc1. The minimum atomic E-state index is -0.626. The summed E-state index contributed by atoms with van der Waals surface area (Å²) in [7, 11) is 0. The van der Waals surface area contributed by atoms with Gasteiger partial charge in [0.05, 0.1) is 0 Å². The number of hydrogen-bond acceptors (Lipinski definition) is 6. The van der Waals surface area contributed by atoms with E-state index in [0.717, 1.165) is 42.4 Å². The second-order valence-electron chi connectivity index (χ2n) is 9.88. The average molecular weight is 515 g/mol. The Balaban J connectivity index is 2.11. The molecule has 0 aromatic heterocycles. The Labute approximate surface area is 224 Å². The number of carbonyl (C=O) groups is 3. The molecule has 1 aliphatic carbocycles. The summed E-state index contributed by atoms with van der Waals surface area (Å²) in [6.07, 6.45) is 4.08. The zero-order valence-electron chi connectivity index (χ0n) is 22.5. The molecule has 0 N–H and O–H groups in total.